The number of carbonyl (C=O) groups excluding carboxylic acids is 5. The predicted molar refractivity (Wildman–Crippen MR) is 76.0 cm³/mol. The zero-order chi connectivity index (χ0) is 17.4. The molecule has 2 aliphatic heterocycles. The van der Waals surface area contributed by atoms with Crippen molar-refractivity contribution in [2.24, 2.45) is 0 Å². The van der Waals surface area contributed by atoms with Crippen molar-refractivity contribution >= 4 is 35.3 Å². The van der Waals surface area contributed by atoms with Crippen LogP contribution in [0.25, 0.3) is 0 Å². The number of nitrogens with zero attached hydrogens (tertiary/aromatic N) is 2. The van der Waals surface area contributed by atoms with Gasteiger partial charge >= 0.3 is 5.97 Å². The number of benzene rings is 1. The second kappa shape index (κ2) is 5.70. The number of carbonyl (C=O) groups is 5. The third kappa shape index (κ3) is 2.57. The highest BCUT2D eigenvalue weighted by atomic mass is 16.7. The first-order valence-corrected chi connectivity index (χ1v) is 6.82. The van der Waals surface area contributed by atoms with Gasteiger partial charge in [0.25, 0.3) is 23.6 Å². The minimum Gasteiger partial charge on any atom is -0.383 e. The molecule has 1 aromatic rings. The molecule has 1 atom stereocenters. The van der Waals surface area contributed by atoms with Crippen LogP contribution in [0.2, 0.25) is 0 Å². The van der Waals surface area contributed by atoms with Gasteiger partial charge in [0.2, 0.25) is 0 Å². The Labute approximate surface area is 134 Å². The van der Waals surface area contributed by atoms with Crippen LogP contribution in [-0.2, 0) is 24.0 Å². The number of hydrogen-bond acceptors (Lipinski definition) is 7. The van der Waals surface area contributed by atoms with Gasteiger partial charge in [0, 0.05) is 12.2 Å². The maximum atomic E-state index is 12.1. The van der Waals surface area contributed by atoms with Gasteiger partial charge in [-0.2, -0.15) is 0 Å². The first kappa shape index (κ1) is 15.6. The van der Waals surface area contributed by atoms with Crippen molar-refractivity contribution in [2.75, 3.05) is 4.90 Å². The maximum Gasteiger partial charge on any atom is 0.363 e. The van der Waals surface area contributed by atoms with E-state index in [1.807, 2.05) is 0 Å². The van der Waals surface area contributed by atoms with Crippen LogP contribution in [0.3, 0.4) is 0 Å². The highest BCUT2D eigenvalue weighted by Crippen LogP contribution is 2.21. The van der Waals surface area contributed by atoms with E-state index in [1.165, 1.54) is 24.3 Å². The Morgan fingerprint density at radius 1 is 1.12 bits per heavy atom. The quantitative estimate of drug-likeness (QED) is 0.728. The Kier molecular flexibility index (Phi) is 3.70. The molecule has 1 saturated heterocycles. The average molecular weight is 330 g/mol. The van der Waals surface area contributed by atoms with Gasteiger partial charge in [0.15, 0.2) is 0 Å². The second-order valence-corrected chi connectivity index (χ2v) is 5.02. The number of anilines is 1. The van der Waals surface area contributed by atoms with Crippen molar-refractivity contribution in [2.45, 2.75) is 12.5 Å². The molecule has 9 nitrogen and oxygen atoms in total. The fourth-order valence-corrected chi connectivity index (χ4v) is 2.25. The molecule has 0 radical (unpaired) electrons. The normalized spacial score (nSPS) is 20.3. The van der Waals surface area contributed by atoms with E-state index in [2.05, 4.69) is 0 Å². The summed E-state index contributed by atoms with van der Waals surface area (Å²) in [6.07, 6.45) is 0.184. The lowest BCUT2D eigenvalue weighted by molar-refractivity contribution is -0.175. The van der Waals surface area contributed by atoms with Gasteiger partial charge < -0.3 is 9.94 Å². The molecular formula is C15H10N2O7. The van der Waals surface area contributed by atoms with Gasteiger partial charge in [-0.3, -0.25) is 19.2 Å². The van der Waals surface area contributed by atoms with Crippen LogP contribution >= 0.6 is 0 Å². The van der Waals surface area contributed by atoms with Gasteiger partial charge in [0.05, 0.1) is 17.7 Å². The molecule has 122 valence electrons. The van der Waals surface area contributed by atoms with Crippen LogP contribution in [0.15, 0.2) is 36.4 Å². The van der Waals surface area contributed by atoms with Gasteiger partial charge in [-0.15, -0.1) is 0 Å². The molecule has 2 heterocycles. The molecule has 2 aliphatic rings. The minimum absolute atomic E-state index is 0.0815. The van der Waals surface area contributed by atoms with E-state index >= 15 is 0 Å². The Morgan fingerprint density at radius 2 is 1.79 bits per heavy atom. The van der Waals surface area contributed by atoms with E-state index in [4.69, 9.17) is 4.84 Å². The average Bonchev–Trinajstić information content (AvgIpc) is 3.01. The molecule has 1 unspecified atom stereocenters. The predicted octanol–water partition coefficient (Wildman–Crippen LogP) is -0.692. The molecule has 0 saturated carbocycles. The van der Waals surface area contributed by atoms with Crippen LogP contribution in [0.4, 0.5) is 5.69 Å². The highest BCUT2D eigenvalue weighted by Gasteiger charge is 2.40. The number of aliphatic hydroxyl groups is 1. The Hall–Kier alpha value is -3.33. The lowest BCUT2D eigenvalue weighted by Crippen LogP contribution is -2.34. The highest BCUT2D eigenvalue weighted by molar-refractivity contribution is 6.28. The third-order valence-electron chi connectivity index (χ3n) is 3.40. The fourth-order valence-electron chi connectivity index (χ4n) is 2.25. The summed E-state index contributed by atoms with van der Waals surface area (Å²) in [5.74, 6) is -4.03. The summed E-state index contributed by atoms with van der Waals surface area (Å²) in [5, 5.41) is 9.48. The second-order valence-electron chi connectivity index (χ2n) is 5.02. The Balaban J connectivity index is 1.80. The van der Waals surface area contributed by atoms with Gasteiger partial charge in [-0.05, 0) is 18.2 Å². The molecule has 1 N–H and O–H groups in total. The van der Waals surface area contributed by atoms with Crippen molar-refractivity contribution in [3.63, 3.8) is 0 Å². The molecule has 9 heteroatoms. The van der Waals surface area contributed by atoms with E-state index in [-0.39, 0.29) is 16.3 Å². The van der Waals surface area contributed by atoms with Gasteiger partial charge in [-0.25, -0.2) is 9.69 Å². The lowest BCUT2D eigenvalue weighted by Gasteiger charge is -2.16. The van der Waals surface area contributed by atoms with Gasteiger partial charge in [-0.1, -0.05) is 11.1 Å². The number of amides is 4. The zero-order valence-corrected chi connectivity index (χ0v) is 12.0. The van der Waals surface area contributed by atoms with Crippen molar-refractivity contribution in [3.8, 4) is 0 Å². The molecule has 0 bridgehead atoms. The van der Waals surface area contributed by atoms with Crippen molar-refractivity contribution in [1.29, 1.82) is 0 Å². The summed E-state index contributed by atoms with van der Waals surface area (Å²) < 4.78 is 0. The van der Waals surface area contributed by atoms with Crippen LogP contribution < -0.4 is 4.90 Å². The molecule has 4 amide bonds. The molecular weight excluding hydrogens is 320 g/mol. The first-order chi connectivity index (χ1) is 11.4. The number of rotatable bonds is 3. The van der Waals surface area contributed by atoms with Crippen molar-refractivity contribution < 1.29 is 33.9 Å². The van der Waals surface area contributed by atoms with E-state index in [1.54, 1.807) is 0 Å². The lowest BCUT2D eigenvalue weighted by atomic mass is 10.2. The monoisotopic (exact) mass is 330 g/mol. The number of hydroxylamine groups is 2. The molecule has 0 aliphatic carbocycles. The largest absolute Gasteiger partial charge is 0.383 e. The molecule has 0 spiro atoms. The maximum absolute atomic E-state index is 12.1. The Bertz CT molecular complexity index is 796. The summed E-state index contributed by atoms with van der Waals surface area (Å²) >= 11 is 0. The molecule has 0 aromatic heterocycles. The standard InChI is InChI=1S/C15H10N2O7/c18-10-7-13(21)17(14(10)22)24-15(23)8-2-1-3-9(6-8)16-11(19)4-5-12(16)20/h1-6,10,18H,7H2. The van der Waals surface area contributed by atoms with Crippen LogP contribution in [0, 0.1) is 0 Å². The van der Waals surface area contributed by atoms with E-state index in [0.717, 1.165) is 17.1 Å². The minimum atomic E-state index is -1.54. The zero-order valence-electron chi connectivity index (χ0n) is 12.0. The topological polar surface area (TPSA) is 121 Å². The molecule has 1 fully saturated rings. The van der Waals surface area contributed by atoms with Crippen LogP contribution in [0.5, 0.6) is 0 Å². The van der Waals surface area contributed by atoms with Crippen molar-refractivity contribution in [1.82, 2.24) is 5.06 Å². The smallest absolute Gasteiger partial charge is 0.363 e. The van der Waals surface area contributed by atoms with Crippen LogP contribution in [-0.4, -0.2) is 45.9 Å². The first-order valence-electron chi connectivity index (χ1n) is 6.82. The third-order valence-corrected chi connectivity index (χ3v) is 3.40. The van der Waals surface area contributed by atoms with Crippen LogP contribution in [0.1, 0.15) is 16.8 Å². The molecule has 1 aromatic carbocycles. The Morgan fingerprint density at radius 3 is 2.38 bits per heavy atom. The summed E-state index contributed by atoms with van der Waals surface area (Å²) in [6, 6.07) is 5.39. The SMILES string of the molecule is O=C(ON1C(=O)CC(O)C1=O)c1cccc(N2C(=O)C=CC2=O)c1. The number of aliphatic hydroxyl groups excluding tert-OH is 1. The summed E-state index contributed by atoms with van der Waals surface area (Å²) in [5.41, 5.74) is 0.0607. The summed E-state index contributed by atoms with van der Waals surface area (Å²) in [6.45, 7) is 0. The molecule has 3 rings (SSSR count). The van der Waals surface area contributed by atoms with E-state index in [0.29, 0.717) is 0 Å². The van der Waals surface area contributed by atoms with E-state index < -0.39 is 42.1 Å². The van der Waals surface area contributed by atoms with Crippen molar-refractivity contribution in [3.05, 3.63) is 42.0 Å². The number of imide groups is 2. The summed E-state index contributed by atoms with van der Waals surface area (Å²) in [4.78, 5) is 63.9. The van der Waals surface area contributed by atoms with Gasteiger partial charge in [0.1, 0.15) is 6.10 Å². The molecule has 24 heavy (non-hydrogen) atoms. The van der Waals surface area contributed by atoms with E-state index in [9.17, 15) is 29.1 Å². The number of hydrogen-bond donors (Lipinski definition) is 1. The summed E-state index contributed by atoms with van der Waals surface area (Å²) in [7, 11) is 0. The fraction of sp³-hybridized carbons (Fsp3) is 0.133.